The Bertz CT molecular complexity index is 435. The summed E-state index contributed by atoms with van der Waals surface area (Å²) in [4.78, 5) is 12.0. The number of rotatable bonds is 8. The number of hydrogen-bond donors (Lipinski definition) is 2. The predicted molar refractivity (Wildman–Crippen MR) is 80.1 cm³/mol. The van der Waals surface area contributed by atoms with Crippen LogP contribution < -0.4 is 15.8 Å². The van der Waals surface area contributed by atoms with E-state index in [1.54, 1.807) is 7.11 Å². The molecule has 0 saturated heterocycles. The number of nitrogens with one attached hydrogen (secondary N) is 1. The molecule has 0 aliphatic rings. The number of ether oxygens (including phenoxy) is 2. The zero-order chi connectivity index (χ0) is 15.0. The highest BCUT2D eigenvalue weighted by Crippen LogP contribution is 2.26. The Kier molecular flexibility index (Phi) is 7.04. The number of aryl methyl sites for hydroxylation is 1. The van der Waals surface area contributed by atoms with Gasteiger partial charge >= 0.3 is 0 Å². The van der Waals surface area contributed by atoms with E-state index in [1.807, 2.05) is 32.0 Å². The molecule has 0 aliphatic carbocycles. The Morgan fingerprint density at radius 1 is 1.40 bits per heavy atom. The first kappa shape index (κ1) is 16.5. The third kappa shape index (κ3) is 5.19. The second kappa shape index (κ2) is 8.55. The molecule has 1 rings (SSSR count). The molecule has 3 N–H and O–H groups in total. The SMILES string of the molecule is CCCC(N)C(=O)Nc1ccc(C)cc1OCCOC. The van der Waals surface area contributed by atoms with Crippen molar-refractivity contribution in [3.63, 3.8) is 0 Å². The number of amides is 1. The minimum absolute atomic E-state index is 0.188. The van der Waals surface area contributed by atoms with Crippen LogP contribution in [0.15, 0.2) is 18.2 Å². The lowest BCUT2D eigenvalue weighted by atomic mass is 10.1. The van der Waals surface area contributed by atoms with Gasteiger partial charge < -0.3 is 20.5 Å². The van der Waals surface area contributed by atoms with Crippen molar-refractivity contribution in [1.82, 2.24) is 0 Å². The maximum atomic E-state index is 12.0. The van der Waals surface area contributed by atoms with E-state index in [2.05, 4.69) is 5.32 Å². The van der Waals surface area contributed by atoms with Crippen molar-refractivity contribution in [1.29, 1.82) is 0 Å². The van der Waals surface area contributed by atoms with E-state index in [9.17, 15) is 4.79 Å². The average Bonchev–Trinajstić information content (AvgIpc) is 2.42. The van der Waals surface area contributed by atoms with Gasteiger partial charge in [-0.2, -0.15) is 0 Å². The highest BCUT2D eigenvalue weighted by Gasteiger charge is 2.14. The minimum Gasteiger partial charge on any atom is -0.489 e. The van der Waals surface area contributed by atoms with E-state index in [0.717, 1.165) is 12.0 Å². The molecule has 5 nitrogen and oxygen atoms in total. The number of anilines is 1. The van der Waals surface area contributed by atoms with Gasteiger partial charge in [-0.3, -0.25) is 4.79 Å². The van der Waals surface area contributed by atoms with Gasteiger partial charge in [0.15, 0.2) is 0 Å². The summed E-state index contributed by atoms with van der Waals surface area (Å²) in [6.45, 7) is 4.90. The first-order chi connectivity index (χ1) is 9.58. The Balaban J connectivity index is 2.74. The van der Waals surface area contributed by atoms with Crippen LogP contribution in [0.3, 0.4) is 0 Å². The molecule has 1 unspecified atom stereocenters. The van der Waals surface area contributed by atoms with Crippen molar-refractivity contribution >= 4 is 11.6 Å². The molecular formula is C15H24N2O3. The first-order valence-electron chi connectivity index (χ1n) is 6.87. The summed E-state index contributed by atoms with van der Waals surface area (Å²) in [5.41, 5.74) is 7.51. The summed E-state index contributed by atoms with van der Waals surface area (Å²) < 4.78 is 10.6. The van der Waals surface area contributed by atoms with Gasteiger partial charge in [-0.05, 0) is 31.0 Å². The number of carbonyl (C=O) groups is 1. The van der Waals surface area contributed by atoms with Crippen molar-refractivity contribution in [2.75, 3.05) is 25.6 Å². The molecule has 0 aromatic heterocycles. The van der Waals surface area contributed by atoms with Crippen LogP contribution in [0.25, 0.3) is 0 Å². The second-order valence-electron chi connectivity index (χ2n) is 4.73. The molecule has 20 heavy (non-hydrogen) atoms. The molecule has 1 amide bonds. The van der Waals surface area contributed by atoms with Gasteiger partial charge in [0.25, 0.3) is 0 Å². The van der Waals surface area contributed by atoms with Gasteiger partial charge in [-0.1, -0.05) is 19.4 Å². The van der Waals surface area contributed by atoms with E-state index < -0.39 is 6.04 Å². The van der Waals surface area contributed by atoms with Crippen LogP contribution in [0.1, 0.15) is 25.3 Å². The lowest BCUT2D eigenvalue weighted by molar-refractivity contribution is -0.117. The molecule has 0 fully saturated rings. The second-order valence-corrected chi connectivity index (χ2v) is 4.73. The summed E-state index contributed by atoms with van der Waals surface area (Å²) in [7, 11) is 1.62. The summed E-state index contributed by atoms with van der Waals surface area (Å²) in [6, 6.07) is 5.14. The Morgan fingerprint density at radius 3 is 2.80 bits per heavy atom. The monoisotopic (exact) mass is 280 g/mol. The normalized spacial score (nSPS) is 12.0. The molecule has 1 atom stereocenters. The fourth-order valence-corrected chi connectivity index (χ4v) is 1.75. The molecule has 0 heterocycles. The molecule has 1 aromatic carbocycles. The van der Waals surface area contributed by atoms with E-state index >= 15 is 0 Å². The largest absolute Gasteiger partial charge is 0.489 e. The molecule has 0 spiro atoms. The number of benzene rings is 1. The number of nitrogens with two attached hydrogens (primary N) is 1. The van der Waals surface area contributed by atoms with Crippen LogP contribution >= 0.6 is 0 Å². The van der Waals surface area contributed by atoms with Crippen molar-refractivity contribution < 1.29 is 14.3 Å². The Morgan fingerprint density at radius 2 is 2.15 bits per heavy atom. The van der Waals surface area contributed by atoms with Crippen molar-refractivity contribution in [3.8, 4) is 5.75 Å². The summed E-state index contributed by atoms with van der Waals surface area (Å²) >= 11 is 0. The summed E-state index contributed by atoms with van der Waals surface area (Å²) in [5.74, 6) is 0.450. The quantitative estimate of drug-likeness (QED) is 0.715. The minimum atomic E-state index is -0.492. The smallest absolute Gasteiger partial charge is 0.241 e. The summed E-state index contributed by atoms with van der Waals surface area (Å²) in [6.07, 6.45) is 1.54. The zero-order valence-electron chi connectivity index (χ0n) is 12.4. The fraction of sp³-hybridized carbons (Fsp3) is 0.533. The van der Waals surface area contributed by atoms with Crippen LogP contribution in [0.4, 0.5) is 5.69 Å². The van der Waals surface area contributed by atoms with Crippen LogP contribution in [-0.2, 0) is 9.53 Å². The van der Waals surface area contributed by atoms with E-state index in [1.165, 1.54) is 0 Å². The third-order valence-corrected chi connectivity index (χ3v) is 2.88. The van der Waals surface area contributed by atoms with Gasteiger partial charge in [-0.25, -0.2) is 0 Å². The van der Waals surface area contributed by atoms with Gasteiger partial charge in [0.05, 0.1) is 18.3 Å². The van der Waals surface area contributed by atoms with Crippen molar-refractivity contribution in [2.45, 2.75) is 32.7 Å². The lowest BCUT2D eigenvalue weighted by Gasteiger charge is -2.15. The lowest BCUT2D eigenvalue weighted by Crippen LogP contribution is -2.35. The summed E-state index contributed by atoms with van der Waals surface area (Å²) in [5, 5.41) is 2.82. The first-order valence-corrected chi connectivity index (χ1v) is 6.87. The van der Waals surface area contributed by atoms with E-state index in [0.29, 0.717) is 31.1 Å². The van der Waals surface area contributed by atoms with Gasteiger partial charge in [-0.15, -0.1) is 0 Å². The molecule has 5 heteroatoms. The van der Waals surface area contributed by atoms with Crippen LogP contribution in [0.2, 0.25) is 0 Å². The third-order valence-electron chi connectivity index (χ3n) is 2.88. The van der Waals surface area contributed by atoms with Crippen LogP contribution in [0.5, 0.6) is 5.75 Å². The maximum Gasteiger partial charge on any atom is 0.241 e. The number of carbonyl (C=O) groups excluding carboxylic acids is 1. The number of methoxy groups -OCH3 is 1. The van der Waals surface area contributed by atoms with E-state index in [-0.39, 0.29) is 5.91 Å². The number of hydrogen-bond acceptors (Lipinski definition) is 4. The standard InChI is InChI=1S/C15H24N2O3/c1-4-5-12(16)15(18)17-13-7-6-11(2)10-14(13)20-9-8-19-3/h6-7,10,12H,4-5,8-9,16H2,1-3H3,(H,17,18). The molecule has 0 bridgehead atoms. The highest BCUT2D eigenvalue weighted by atomic mass is 16.5. The van der Waals surface area contributed by atoms with Gasteiger partial charge in [0.2, 0.25) is 5.91 Å². The zero-order valence-corrected chi connectivity index (χ0v) is 12.4. The molecule has 1 aromatic rings. The van der Waals surface area contributed by atoms with Crippen LogP contribution in [-0.4, -0.2) is 32.3 Å². The molecule has 0 aliphatic heterocycles. The maximum absolute atomic E-state index is 12.0. The average molecular weight is 280 g/mol. The van der Waals surface area contributed by atoms with Crippen LogP contribution in [0, 0.1) is 6.92 Å². The highest BCUT2D eigenvalue weighted by molar-refractivity contribution is 5.95. The van der Waals surface area contributed by atoms with Crippen molar-refractivity contribution in [2.24, 2.45) is 5.73 Å². The predicted octanol–water partition coefficient (Wildman–Crippen LogP) is 2.09. The molecular weight excluding hydrogens is 256 g/mol. The van der Waals surface area contributed by atoms with Crippen molar-refractivity contribution in [3.05, 3.63) is 23.8 Å². The molecule has 112 valence electrons. The van der Waals surface area contributed by atoms with Gasteiger partial charge in [0.1, 0.15) is 12.4 Å². The molecule has 0 saturated carbocycles. The Hall–Kier alpha value is -1.59. The van der Waals surface area contributed by atoms with Gasteiger partial charge in [0, 0.05) is 7.11 Å². The fourth-order valence-electron chi connectivity index (χ4n) is 1.75. The Labute approximate surface area is 120 Å². The molecule has 0 radical (unpaired) electrons. The topological polar surface area (TPSA) is 73.6 Å². The van der Waals surface area contributed by atoms with E-state index in [4.69, 9.17) is 15.2 Å².